The van der Waals surface area contributed by atoms with Crippen LogP contribution in [-0.4, -0.2) is 50.2 Å². The summed E-state index contributed by atoms with van der Waals surface area (Å²) in [6.07, 6.45) is 7.00. The van der Waals surface area contributed by atoms with E-state index in [9.17, 15) is 9.59 Å². The maximum atomic E-state index is 13.3. The summed E-state index contributed by atoms with van der Waals surface area (Å²) in [5.41, 5.74) is 8.14. The normalized spacial score (nSPS) is 22.4. The van der Waals surface area contributed by atoms with Crippen LogP contribution in [0, 0.1) is 11.8 Å². The van der Waals surface area contributed by atoms with E-state index in [1.807, 2.05) is 48.5 Å². The summed E-state index contributed by atoms with van der Waals surface area (Å²) in [5, 5.41) is 8.64. The van der Waals surface area contributed by atoms with Crippen LogP contribution in [-0.2, 0) is 16.0 Å². The molecule has 0 radical (unpaired) electrons. The van der Waals surface area contributed by atoms with Gasteiger partial charge in [-0.15, -0.1) is 0 Å². The van der Waals surface area contributed by atoms with Crippen LogP contribution in [0.15, 0.2) is 65.7 Å². The molecule has 1 saturated heterocycles. The molecular weight excluding hydrogens is 478 g/mol. The lowest BCUT2D eigenvalue weighted by Gasteiger charge is -2.29. The quantitative estimate of drug-likeness (QED) is 0.283. The van der Waals surface area contributed by atoms with E-state index >= 15 is 0 Å². The average molecular weight is 520 g/mol. The number of benzene rings is 2. The van der Waals surface area contributed by atoms with Crippen molar-refractivity contribution in [1.82, 2.24) is 16.0 Å². The zero-order valence-corrected chi connectivity index (χ0v) is 22.1. The molecule has 3 amide bonds. The molecule has 0 spiro atoms. The van der Waals surface area contributed by atoms with Gasteiger partial charge in [0.25, 0.3) is 0 Å². The number of amides is 3. The van der Waals surface area contributed by atoms with Crippen LogP contribution in [0.1, 0.15) is 55.6 Å². The Labute approximate surface area is 225 Å². The average Bonchev–Trinajstić information content (AvgIpc) is 3.48. The number of urea groups is 1. The molecule has 4 atom stereocenters. The number of hydrogen-bond acceptors (Lipinski definition) is 4. The molecule has 8 heteroatoms. The Bertz CT molecular complexity index is 1040. The molecule has 1 aliphatic heterocycles. The van der Waals surface area contributed by atoms with Gasteiger partial charge in [0.05, 0.1) is 12.0 Å². The highest BCUT2D eigenvalue weighted by Crippen LogP contribution is 2.29. The first-order valence-corrected chi connectivity index (χ1v) is 13.9. The highest BCUT2D eigenvalue weighted by molar-refractivity contribution is 5.95. The molecule has 5 N–H and O–H groups in total. The van der Waals surface area contributed by atoms with Crippen molar-refractivity contribution < 1.29 is 14.3 Å². The minimum Gasteiger partial charge on any atom is -0.376 e. The van der Waals surface area contributed by atoms with E-state index in [0.717, 1.165) is 56.3 Å². The summed E-state index contributed by atoms with van der Waals surface area (Å²) in [7, 11) is 0. The van der Waals surface area contributed by atoms with E-state index in [-0.39, 0.29) is 29.9 Å². The second-order valence-corrected chi connectivity index (χ2v) is 10.5. The lowest BCUT2D eigenvalue weighted by Crippen LogP contribution is -2.45. The number of carbonyl (C=O) groups excluding carboxylic acids is 2. The number of nitrogens with zero attached hydrogens (tertiary/aromatic N) is 1. The summed E-state index contributed by atoms with van der Waals surface area (Å²) in [6.45, 7) is 2.47. The number of nitrogens with two attached hydrogens (primary N) is 1. The molecule has 0 bridgehead atoms. The van der Waals surface area contributed by atoms with E-state index in [4.69, 9.17) is 10.5 Å². The van der Waals surface area contributed by atoms with E-state index < -0.39 is 0 Å². The van der Waals surface area contributed by atoms with Crippen LogP contribution < -0.4 is 21.7 Å². The Balaban J connectivity index is 1.23. The third kappa shape index (κ3) is 8.87. The Morgan fingerprint density at radius 2 is 1.66 bits per heavy atom. The van der Waals surface area contributed by atoms with Gasteiger partial charge in [0.2, 0.25) is 5.91 Å². The van der Waals surface area contributed by atoms with Crippen molar-refractivity contribution >= 4 is 17.9 Å². The maximum absolute atomic E-state index is 13.3. The van der Waals surface area contributed by atoms with Crippen molar-refractivity contribution in [2.75, 3.05) is 26.2 Å². The van der Waals surface area contributed by atoms with Crippen LogP contribution in [0.3, 0.4) is 0 Å². The molecule has 2 fully saturated rings. The molecule has 2 unspecified atom stereocenters. The van der Waals surface area contributed by atoms with Gasteiger partial charge in [0.1, 0.15) is 0 Å². The molecule has 2 aliphatic rings. The first-order valence-electron chi connectivity index (χ1n) is 13.9. The van der Waals surface area contributed by atoms with Crippen LogP contribution in [0.4, 0.5) is 4.79 Å². The molecule has 204 valence electrons. The van der Waals surface area contributed by atoms with Gasteiger partial charge in [0, 0.05) is 26.2 Å². The Hall–Kier alpha value is -3.39. The third-order valence-corrected chi connectivity index (χ3v) is 7.53. The van der Waals surface area contributed by atoms with E-state index in [1.54, 1.807) is 0 Å². The number of aliphatic imine (C=N–C) groups is 1. The molecule has 2 aromatic carbocycles. The van der Waals surface area contributed by atoms with Crippen LogP contribution in [0.5, 0.6) is 0 Å². The predicted molar refractivity (Wildman–Crippen MR) is 150 cm³/mol. The third-order valence-electron chi connectivity index (χ3n) is 7.53. The van der Waals surface area contributed by atoms with E-state index in [0.29, 0.717) is 37.9 Å². The fraction of sp³-hybridized carbons (Fsp3) is 0.500. The monoisotopic (exact) mass is 519 g/mol. The van der Waals surface area contributed by atoms with Crippen LogP contribution in [0.25, 0.3) is 0 Å². The minimum absolute atomic E-state index is 0.0719. The number of nitrogens with one attached hydrogen (secondary N) is 3. The maximum Gasteiger partial charge on any atom is 0.321 e. The molecule has 8 nitrogen and oxygen atoms in total. The fourth-order valence-corrected chi connectivity index (χ4v) is 5.46. The highest BCUT2D eigenvalue weighted by Gasteiger charge is 2.25. The minimum atomic E-state index is -0.352. The fourth-order valence-electron chi connectivity index (χ4n) is 5.46. The molecule has 2 aromatic rings. The van der Waals surface area contributed by atoms with Gasteiger partial charge >= 0.3 is 6.03 Å². The highest BCUT2D eigenvalue weighted by atomic mass is 16.5. The molecule has 1 heterocycles. The predicted octanol–water partition coefficient (Wildman–Crippen LogP) is 3.73. The van der Waals surface area contributed by atoms with Gasteiger partial charge in [-0.25, -0.2) is 4.79 Å². The standard InChI is InChI=1S/C30H41N5O3/c31-29(35-30(37)34-21-26-15-8-16-38-26)33-20-24-12-7-11-23(17-24)19-32-28(36)27(25-13-5-2-6-14-25)18-22-9-3-1-4-10-22/h1-6,9-10,13-14,23-24,26-27H,7-8,11-12,15-21H2,(H,32,36)(H4,31,33,34,35,37)/t23-,24+,26?,27?/m0/s1. The second kappa shape index (κ2) is 14.5. The van der Waals surface area contributed by atoms with Crippen LogP contribution >= 0.6 is 0 Å². The van der Waals surface area contributed by atoms with E-state index in [1.165, 1.54) is 0 Å². The zero-order chi connectivity index (χ0) is 26.6. The summed E-state index contributed by atoms with van der Waals surface area (Å²) >= 11 is 0. The van der Waals surface area contributed by atoms with Gasteiger partial charge in [-0.05, 0) is 61.5 Å². The second-order valence-electron chi connectivity index (χ2n) is 10.5. The molecule has 0 aromatic heterocycles. The van der Waals surface area contributed by atoms with Crippen molar-refractivity contribution in [2.24, 2.45) is 22.6 Å². The number of guanidine groups is 1. The van der Waals surface area contributed by atoms with Crippen molar-refractivity contribution in [3.63, 3.8) is 0 Å². The molecule has 1 saturated carbocycles. The summed E-state index contributed by atoms with van der Waals surface area (Å²) < 4.78 is 5.51. The summed E-state index contributed by atoms with van der Waals surface area (Å²) in [5.74, 6) is 0.777. The number of carbonyl (C=O) groups is 2. The lowest BCUT2D eigenvalue weighted by atomic mass is 9.81. The largest absolute Gasteiger partial charge is 0.376 e. The zero-order valence-electron chi connectivity index (χ0n) is 22.1. The Morgan fingerprint density at radius 3 is 2.39 bits per heavy atom. The molecule has 1 aliphatic carbocycles. The first-order chi connectivity index (χ1) is 18.6. The first kappa shape index (κ1) is 27.6. The smallest absolute Gasteiger partial charge is 0.321 e. The van der Waals surface area contributed by atoms with Crippen molar-refractivity contribution in [2.45, 2.75) is 57.0 Å². The van der Waals surface area contributed by atoms with Crippen molar-refractivity contribution in [1.29, 1.82) is 0 Å². The summed E-state index contributed by atoms with van der Waals surface area (Å²) in [6, 6.07) is 19.8. The molecule has 38 heavy (non-hydrogen) atoms. The number of ether oxygens (including phenoxy) is 1. The van der Waals surface area contributed by atoms with Crippen LogP contribution in [0.2, 0.25) is 0 Å². The topological polar surface area (TPSA) is 118 Å². The van der Waals surface area contributed by atoms with Gasteiger partial charge < -0.3 is 21.1 Å². The van der Waals surface area contributed by atoms with E-state index in [2.05, 4.69) is 33.1 Å². The summed E-state index contributed by atoms with van der Waals surface area (Å²) in [4.78, 5) is 29.8. The van der Waals surface area contributed by atoms with Gasteiger partial charge in [0.15, 0.2) is 5.96 Å². The molecular formula is C30H41N5O3. The number of hydrogen-bond donors (Lipinski definition) is 4. The number of rotatable bonds is 10. The lowest BCUT2D eigenvalue weighted by molar-refractivity contribution is -0.122. The van der Waals surface area contributed by atoms with Gasteiger partial charge in [-0.2, -0.15) is 0 Å². The van der Waals surface area contributed by atoms with Crippen molar-refractivity contribution in [3.8, 4) is 0 Å². The Morgan fingerprint density at radius 1 is 0.921 bits per heavy atom. The molecule has 4 rings (SSSR count). The van der Waals surface area contributed by atoms with Crippen molar-refractivity contribution in [3.05, 3.63) is 71.8 Å². The van der Waals surface area contributed by atoms with Gasteiger partial charge in [-0.1, -0.05) is 67.1 Å². The van der Waals surface area contributed by atoms with Gasteiger partial charge in [-0.3, -0.25) is 15.1 Å². The SMILES string of the molecule is NC(=NC[C@@H]1CCC[C@H](CNC(=O)C(Cc2ccccc2)c2ccccc2)C1)NC(=O)NCC1CCCO1. The Kier molecular flexibility index (Phi) is 10.6.